The molecule has 0 N–H and O–H groups in total. The summed E-state index contributed by atoms with van der Waals surface area (Å²) >= 11 is 0. The highest BCUT2D eigenvalue weighted by molar-refractivity contribution is 5.92. The van der Waals surface area contributed by atoms with Gasteiger partial charge >= 0.3 is 0 Å². The Morgan fingerprint density at radius 3 is 3.04 bits per heavy atom. The van der Waals surface area contributed by atoms with Crippen LogP contribution in [0.4, 0.5) is 0 Å². The smallest absolute Gasteiger partial charge is 0.276 e. The van der Waals surface area contributed by atoms with E-state index in [9.17, 15) is 4.79 Å². The van der Waals surface area contributed by atoms with Crippen LogP contribution in [0.5, 0.6) is 0 Å². The van der Waals surface area contributed by atoms with Crippen LogP contribution in [0.3, 0.4) is 0 Å². The topological polar surface area (TPSA) is 68.8 Å². The van der Waals surface area contributed by atoms with E-state index in [4.69, 9.17) is 0 Å². The van der Waals surface area contributed by atoms with Crippen molar-refractivity contribution < 1.29 is 4.79 Å². The minimum Gasteiger partial charge on any atom is -0.332 e. The Balaban J connectivity index is 1.52. The molecule has 1 atom stereocenters. The molecule has 1 amide bonds. The fourth-order valence-electron chi connectivity index (χ4n) is 3.32. The second kappa shape index (κ2) is 6.51. The van der Waals surface area contributed by atoms with Crippen molar-refractivity contribution in [1.29, 1.82) is 0 Å². The molecule has 25 heavy (non-hydrogen) atoms. The van der Waals surface area contributed by atoms with E-state index in [2.05, 4.69) is 15.4 Å². The van der Waals surface area contributed by atoms with Gasteiger partial charge in [-0.3, -0.25) is 9.48 Å². The number of nitrogens with zero attached hydrogens (tertiary/aromatic N) is 6. The highest BCUT2D eigenvalue weighted by Crippen LogP contribution is 2.21. The van der Waals surface area contributed by atoms with E-state index >= 15 is 0 Å². The first-order chi connectivity index (χ1) is 12.2. The van der Waals surface area contributed by atoms with Gasteiger partial charge in [0.2, 0.25) is 0 Å². The van der Waals surface area contributed by atoms with Crippen molar-refractivity contribution in [3.8, 4) is 5.69 Å². The summed E-state index contributed by atoms with van der Waals surface area (Å²) < 4.78 is 3.53. The zero-order valence-corrected chi connectivity index (χ0v) is 14.1. The summed E-state index contributed by atoms with van der Waals surface area (Å²) in [4.78, 5) is 14.8. The Morgan fingerprint density at radius 1 is 1.32 bits per heavy atom. The Labute approximate surface area is 145 Å². The standard InChI is InChI=1S/C18H20N6O/c1-14-5-2-6-15(11-14)24-13-17(20-21-24)18(25)23-10-3-7-16(23)12-22-9-4-8-19-22/h2,4-6,8-9,11,13,16H,3,7,10,12H2,1H3/t16-/m0/s1. The molecule has 1 fully saturated rings. The van der Waals surface area contributed by atoms with Crippen LogP contribution < -0.4 is 0 Å². The molecule has 1 aliphatic rings. The number of amides is 1. The summed E-state index contributed by atoms with van der Waals surface area (Å²) in [5.41, 5.74) is 2.43. The normalized spacial score (nSPS) is 17.2. The largest absolute Gasteiger partial charge is 0.332 e. The molecule has 4 rings (SSSR count). The lowest BCUT2D eigenvalue weighted by Gasteiger charge is -2.23. The number of aromatic nitrogens is 5. The third-order valence-electron chi connectivity index (χ3n) is 4.57. The van der Waals surface area contributed by atoms with E-state index in [1.807, 2.05) is 53.0 Å². The maximum atomic E-state index is 12.9. The first-order valence-electron chi connectivity index (χ1n) is 8.48. The second-order valence-corrected chi connectivity index (χ2v) is 6.41. The Kier molecular flexibility index (Phi) is 4.05. The molecule has 0 unspecified atom stereocenters. The van der Waals surface area contributed by atoms with Crippen LogP contribution in [-0.4, -0.2) is 48.2 Å². The van der Waals surface area contributed by atoms with Crippen LogP contribution in [0.25, 0.3) is 5.69 Å². The SMILES string of the molecule is Cc1cccc(-n2cc(C(=O)N3CCC[C@H]3Cn3cccn3)nn2)c1. The van der Waals surface area contributed by atoms with Gasteiger partial charge in [-0.15, -0.1) is 5.10 Å². The van der Waals surface area contributed by atoms with Gasteiger partial charge in [-0.1, -0.05) is 17.3 Å². The summed E-state index contributed by atoms with van der Waals surface area (Å²) in [6.45, 7) is 3.49. The number of carbonyl (C=O) groups excluding carboxylic acids is 1. The lowest BCUT2D eigenvalue weighted by atomic mass is 10.2. The van der Waals surface area contributed by atoms with E-state index in [-0.39, 0.29) is 11.9 Å². The zero-order chi connectivity index (χ0) is 17.2. The summed E-state index contributed by atoms with van der Waals surface area (Å²) in [5.74, 6) is -0.0615. The van der Waals surface area contributed by atoms with E-state index < -0.39 is 0 Å². The lowest BCUT2D eigenvalue weighted by molar-refractivity contribution is 0.0715. The number of aryl methyl sites for hydroxylation is 1. The fourth-order valence-corrected chi connectivity index (χ4v) is 3.32. The van der Waals surface area contributed by atoms with Crippen LogP contribution >= 0.6 is 0 Å². The molecule has 3 aromatic rings. The van der Waals surface area contributed by atoms with Gasteiger partial charge in [-0.25, -0.2) is 4.68 Å². The molecule has 1 saturated heterocycles. The van der Waals surface area contributed by atoms with Crippen molar-refractivity contribution in [2.75, 3.05) is 6.54 Å². The van der Waals surface area contributed by atoms with Gasteiger partial charge in [0.1, 0.15) is 0 Å². The molecule has 1 aliphatic heterocycles. The highest BCUT2D eigenvalue weighted by atomic mass is 16.2. The van der Waals surface area contributed by atoms with Crippen LogP contribution in [0.2, 0.25) is 0 Å². The van der Waals surface area contributed by atoms with Gasteiger partial charge in [0.05, 0.1) is 24.5 Å². The van der Waals surface area contributed by atoms with Crippen molar-refractivity contribution in [1.82, 2.24) is 29.7 Å². The minimum absolute atomic E-state index is 0.0615. The Hall–Kier alpha value is -2.96. The van der Waals surface area contributed by atoms with Crippen molar-refractivity contribution in [3.05, 3.63) is 60.2 Å². The third kappa shape index (κ3) is 3.17. The van der Waals surface area contributed by atoms with Crippen molar-refractivity contribution in [3.63, 3.8) is 0 Å². The lowest BCUT2D eigenvalue weighted by Crippen LogP contribution is -2.38. The van der Waals surface area contributed by atoms with Gasteiger partial charge < -0.3 is 4.90 Å². The van der Waals surface area contributed by atoms with Gasteiger partial charge in [-0.05, 0) is 43.5 Å². The third-order valence-corrected chi connectivity index (χ3v) is 4.57. The molecule has 7 nitrogen and oxygen atoms in total. The predicted octanol–water partition coefficient (Wildman–Crippen LogP) is 2.08. The van der Waals surface area contributed by atoms with Crippen molar-refractivity contribution in [2.45, 2.75) is 32.4 Å². The van der Waals surface area contributed by atoms with Crippen LogP contribution in [0, 0.1) is 6.92 Å². The van der Waals surface area contributed by atoms with Gasteiger partial charge in [0.15, 0.2) is 5.69 Å². The van der Waals surface area contributed by atoms with E-state index in [0.717, 1.165) is 30.6 Å². The summed E-state index contributed by atoms with van der Waals surface area (Å²) in [6.07, 6.45) is 7.38. The summed E-state index contributed by atoms with van der Waals surface area (Å²) in [6, 6.07) is 10.0. The fraction of sp³-hybridized carbons (Fsp3) is 0.333. The molecule has 0 bridgehead atoms. The molecule has 0 spiro atoms. The molecular formula is C18H20N6O. The van der Waals surface area contributed by atoms with Crippen LogP contribution in [0.15, 0.2) is 48.9 Å². The molecule has 0 saturated carbocycles. The zero-order valence-electron chi connectivity index (χ0n) is 14.1. The monoisotopic (exact) mass is 336 g/mol. The summed E-state index contributed by atoms with van der Waals surface area (Å²) in [7, 11) is 0. The molecule has 0 radical (unpaired) electrons. The van der Waals surface area contributed by atoms with Crippen LogP contribution in [0.1, 0.15) is 28.9 Å². The molecule has 1 aromatic carbocycles. The van der Waals surface area contributed by atoms with Gasteiger partial charge in [-0.2, -0.15) is 5.10 Å². The minimum atomic E-state index is -0.0615. The van der Waals surface area contributed by atoms with Crippen LogP contribution in [-0.2, 0) is 6.54 Å². The Bertz CT molecular complexity index is 869. The van der Waals surface area contributed by atoms with E-state index in [1.54, 1.807) is 17.1 Å². The van der Waals surface area contributed by atoms with E-state index in [0.29, 0.717) is 12.2 Å². The molecule has 3 heterocycles. The number of hydrogen-bond acceptors (Lipinski definition) is 4. The molecular weight excluding hydrogens is 316 g/mol. The number of likely N-dealkylation sites (tertiary alicyclic amines) is 1. The van der Waals surface area contributed by atoms with Crippen molar-refractivity contribution >= 4 is 5.91 Å². The first-order valence-corrected chi connectivity index (χ1v) is 8.48. The number of benzene rings is 1. The number of carbonyl (C=O) groups is 1. The average Bonchev–Trinajstić information content (AvgIpc) is 3.36. The first kappa shape index (κ1) is 15.6. The summed E-state index contributed by atoms with van der Waals surface area (Å²) in [5, 5.41) is 12.5. The van der Waals surface area contributed by atoms with E-state index in [1.165, 1.54) is 0 Å². The second-order valence-electron chi connectivity index (χ2n) is 6.41. The maximum Gasteiger partial charge on any atom is 0.276 e. The number of hydrogen-bond donors (Lipinski definition) is 0. The molecule has 2 aromatic heterocycles. The number of rotatable bonds is 4. The van der Waals surface area contributed by atoms with Gasteiger partial charge in [0.25, 0.3) is 5.91 Å². The average molecular weight is 336 g/mol. The van der Waals surface area contributed by atoms with Crippen molar-refractivity contribution in [2.24, 2.45) is 0 Å². The predicted molar refractivity (Wildman–Crippen MR) is 92.4 cm³/mol. The van der Waals surface area contributed by atoms with Gasteiger partial charge in [0, 0.05) is 18.9 Å². The molecule has 0 aliphatic carbocycles. The Morgan fingerprint density at radius 2 is 2.24 bits per heavy atom. The quantitative estimate of drug-likeness (QED) is 0.731. The highest BCUT2D eigenvalue weighted by Gasteiger charge is 2.31. The molecule has 7 heteroatoms. The molecule has 128 valence electrons. The maximum absolute atomic E-state index is 12.9.